The van der Waals surface area contributed by atoms with Crippen molar-refractivity contribution in [2.24, 2.45) is 0 Å². The fourth-order valence-corrected chi connectivity index (χ4v) is 2.98. The number of benzene rings is 2. The minimum atomic E-state index is -1.40. The van der Waals surface area contributed by atoms with E-state index in [1.807, 2.05) is 30.3 Å². The SMILES string of the molecule is O=C(CSc1nnnn1-c1ccccc1)Nc1cc(Cl)ccc1C(=O)[O-]. The predicted molar refractivity (Wildman–Crippen MR) is 94.3 cm³/mol. The Labute approximate surface area is 157 Å². The molecular formula is C16H11ClN5O3S-. The molecule has 1 heterocycles. The van der Waals surface area contributed by atoms with E-state index in [0.29, 0.717) is 10.2 Å². The topological polar surface area (TPSA) is 113 Å². The molecule has 26 heavy (non-hydrogen) atoms. The lowest BCUT2D eigenvalue weighted by Gasteiger charge is -2.12. The summed E-state index contributed by atoms with van der Waals surface area (Å²) in [6.07, 6.45) is 0. The highest BCUT2D eigenvalue weighted by molar-refractivity contribution is 7.99. The lowest BCUT2D eigenvalue weighted by molar-refractivity contribution is -0.254. The summed E-state index contributed by atoms with van der Waals surface area (Å²) >= 11 is 6.97. The largest absolute Gasteiger partial charge is 0.545 e. The number of tetrazole rings is 1. The van der Waals surface area contributed by atoms with E-state index in [1.165, 1.54) is 22.9 Å². The number of rotatable bonds is 6. The molecule has 0 saturated heterocycles. The van der Waals surface area contributed by atoms with Crippen LogP contribution in [0.1, 0.15) is 10.4 Å². The third kappa shape index (κ3) is 4.19. The predicted octanol–water partition coefficient (Wildman–Crippen LogP) is 1.41. The van der Waals surface area contributed by atoms with Gasteiger partial charge in [0, 0.05) is 10.6 Å². The third-order valence-corrected chi connectivity index (χ3v) is 4.40. The quantitative estimate of drug-likeness (QED) is 0.635. The number of thioether (sulfide) groups is 1. The molecule has 2 aromatic carbocycles. The van der Waals surface area contributed by atoms with Gasteiger partial charge in [0.05, 0.1) is 23.1 Å². The second-order valence-corrected chi connectivity index (χ2v) is 6.40. The first-order valence-corrected chi connectivity index (χ1v) is 8.68. The molecule has 0 bridgehead atoms. The Balaban J connectivity index is 1.69. The summed E-state index contributed by atoms with van der Waals surface area (Å²) < 4.78 is 1.50. The summed E-state index contributed by atoms with van der Waals surface area (Å²) in [4.78, 5) is 23.3. The van der Waals surface area contributed by atoms with Crippen molar-refractivity contribution in [3.05, 3.63) is 59.1 Å². The van der Waals surface area contributed by atoms with Crippen LogP contribution >= 0.6 is 23.4 Å². The Morgan fingerprint density at radius 2 is 1.96 bits per heavy atom. The highest BCUT2D eigenvalue weighted by atomic mass is 35.5. The van der Waals surface area contributed by atoms with E-state index in [4.69, 9.17) is 11.6 Å². The number of hydrogen-bond donors (Lipinski definition) is 1. The molecule has 3 rings (SSSR count). The summed E-state index contributed by atoms with van der Waals surface area (Å²) in [5.41, 5.74) is 0.683. The number of carbonyl (C=O) groups is 2. The van der Waals surface area contributed by atoms with Crippen LogP contribution in [0, 0.1) is 0 Å². The van der Waals surface area contributed by atoms with Crippen LogP contribution in [-0.2, 0) is 4.79 Å². The Morgan fingerprint density at radius 1 is 1.19 bits per heavy atom. The molecule has 1 N–H and O–H groups in total. The van der Waals surface area contributed by atoms with Gasteiger partial charge in [0.15, 0.2) is 0 Å². The number of hydrogen-bond acceptors (Lipinski definition) is 7. The molecule has 1 aromatic heterocycles. The van der Waals surface area contributed by atoms with Gasteiger partial charge in [0.1, 0.15) is 0 Å². The molecule has 10 heteroatoms. The van der Waals surface area contributed by atoms with E-state index < -0.39 is 11.9 Å². The average molecular weight is 389 g/mol. The fraction of sp³-hybridized carbons (Fsp3) is 0.0625. The van der Waals surface area contributed by atoms with Crippen molar-refractivity contribution < 1.29 is 14.7 Å². The maximum absolute atomic E-state index is 12.2. The molecule has 0 fully saturated rings. The average Bonchev–Trinajstić information content (AvgIpc) is 3.09. The van der Waals surface area contributed by atoms with Crippen molar-refractivity contribution >= 4 is 40.9 Å². The van der Waals surface area contributed by atoms with E-state index in [9.17, 15) is 14.7 Å². The van der Waals surface area contributed by atoms with E-state index in [2.05, 4.69) is 20.8 Å². The van der Waals surface area contributed by atoms with E-state index in [1.54, 1.807) is 0 Å². The maximum atomic E-state index is 12.2. The molecule has 0 aliphatic heterocycles. The summed E-state index contributed by atoms with van der Waals surface area (Å²) in [6, 6.07) is 13.3. The molecular weight excluding hydrogens is 378 g/mol. The second-order valence-electron chi connectivity index (χ2n) is 5.02. The molecule has 132 valence electrons. The molecule has 0 aliphatic carbocycles. The number of para-hydroxylation sites is 1. The number of carboxylic acid groups (broad SMARTS) is 1. The van der Waals surface area contributed by atoms with Crippen molar-refractivity contribution in [1.29, 1.82) is 0 Å². The van der Waals surface area contributed by atoms with Crippen LogP contribution in [0.3, 0.4) is 0 Å². The van der Waals surface area contributed by atoms with E-state index >= 15 is 0 Å². The first kappa shape index (κ1) is 17.9. The number of amides is 1. The van der Waals surface area contributed by atoms with Gasteiger partial charge in [-0.2, -0.15) is 4.68 Å². The molecule has 3 aromatic rings. The van der Waals surface area contributed by atoms with Gasteiger partial charge in [-0.1, -0.05) is 41.6 Å². The molecule has 1 amide bonds. The number of nitrogens with zero attached hydrogens (tertiary/aromatic N) is 4. The second kappa shape index (κ2) is 7.98. The van der Waals surface area contributed by atoms with Crippen LogP contribution in [0.4, 0.5) is 5.69 Å². The van der Waals surface area contributed by atoms with Gasteiger partial charge >= 0.3 is 0 Å². The van der Waals surface area contributed by atoms with Gasteiger partial charge in [-0.15, -0.1) is 5.10 Å². The molecule has 0 atom stereocenters. The Kier molecular flexibility index (Phi) is 5.49. The number of carboxylic acids is 1. The zero-order valence-electron chi connectivity index (χ0n) is 13.1. The van der Waals surface area contributed by atoms with Crippen LogP contribution in [0.25, 0.3) is 5.69 Å². The van der Waals surface area contributed by atoms with Crippen LogP contribution in [0.5, 0.6) is 0 Å². The van der Waals surface area contributed by atoms with Gasteiger partial charge in [0.25, 0.3) is 0 Å². The van der Waals surface area contributed by atoms with Crippen molar-refractivity contribution in [1.82, 2.24) is 20.2 Å². The maximum Gasteiger partial charge on any atom is 0.234 e. The van der Waals surface area contributed by atoms with Gasteiger partial charge in [0.2, 0.25) is 11.1 Å². The first-order valence-electron chi connectivity index (χ1n) is 7.32. The zero-order chi connectivity index (χ0) is 18.5. The number of halogens is 1. The van der Waals surface area contributed by atoms with Crippen molar-refractivity contribution in [3.63, 3.8) is 0 Å². The highest BCUT2D eigenvalue weighted by Gasteiger charge is 2.13. The van der Waals surface area contributed by atoms with Crippen LogP contribution in [-0.4, -0.2) is 37.8 Å². The monoisotopic (exact) mass is 388 g/mol. The number of aromatic carboxylic acids is 1. The third-order valence-electron chi connectivity index (χ3n) is 3.25. The number of carbonyl (C=O) groups excluding carboxylic acids is 2. The highest BCUT2D eigenvalue weighted by Crippen LogP contribution is 2.22. The molecule has 0 radical (unpaired) electrons. The summed E-state index contributed by atoms with van der Waals surface area (Å²) in [6.45, 7) is 0. The van der Waals surface area contributed by atoms with Crippen LogP contribution in [0.15, 0.2) is 53.7 Å². The van der Waals surface area contributed by atoms with E-state index in [-0.39, 0.29) is 17.0 Å². The molecule has 0 aliphatic rings. The lowest BCUT2D eigenvalue weighted by atomic mass is 10.2. The van der Waals surface area contributed by atoms with Gasteiger partial charge in [-0.05, 0) is 40.8 Å². The summed E-state index contributed by atoms with van der Waals surface area (Å²) in [5, 5.41) is 25.8. The minimum absolute atomic E-state index is 0.0216. The molecule has 0 saturated carbocycles. The standard InChI is InChI=1S/C16H12ClN5O3S/c17-10-6-7-12(15(24)25)13(8-10)18-14(23)9-26-16-19-20-21-22(16)11-4-2-1-3-5-11/h1-8H,9H2,(H,18,23)(H,24,25)/p-1. The normalized spacial score (nSPS) is 10.5. The van der Waals surface area contributed by atoms with Crippen molar-refractivity contribution in [3.8, 4) is 5.69 Å². The lowest BCUT2D eigenvalue weighted by Crippen LogP contribution is -2.25. The number of aromatic nitrogens is 4. The number of nitrogens with one attached hydrogen (secondary N) is 1. The van der Waals surface area contributed by atoms with Crippen molar-refractivity contribution in [2.45, 2.75) is 5.16 Å². The van der Waals surface area contributed by atoms with Gasteiger partial charge in [-0.3, -0.25) is 4.79 Å². The summed E-state index contributed by atoms with van der Waals surface area (Å²) in [5.74, 6) is -1.85. The number of anilines is 1. The first-order chi connectivity index (χ1) is 12.5. The van der Waals surface area contributed by atoms with E-state index in [0.717, 1.165) is 17.4 Å². The fourth-order valence-electron chi connectivity index (χ4n) is 2.11. The summed E-state index contributed by atoms with van der Waals surface area (Å²) in [7, 11) is 0. The minimum Gasteiger partial charge on any atom is -0.545 e. The van der Waals surface area contributed by atoms with Crippen LogP contribution in [0.2, 0.25) is 5.02 Å². The van der Waals surface area contributed by atoms with Crippen molar-refractivity contribution in [2.75, 3.05) is 11.1 Å². The smallest absolute Gasteiger partial charge is 0.234 e. The molecule has 8 nitrogen and oxygen atoms in total. The molecule has 0 unspecified atom stereocenters. The molecule has 0 spiro atoms. The Bertz CT molecular complexity index is 948. The Hall–Kier alpha value is -2.91. The van der Waals surface area contributed by atoms with Crippen LogP contribution < -0.4 is 10.4 Å². The Morgan fingerprint density at radius 3 is 2.69 bits per heavy atom. The van der Waals surface area contributed by atoms with Gasteiger partial charge in [-0.25, -0.2) is 0 Å². The van der Waals surface area contributed by atoms with Gasteiger partial charge < -0.3 is 15.2 Å². The zero-order valence-corrected chi connectivity index (χ0v) is 14.7.